The number of benzene rings is 1. The van der Waals surface area contributed by atoms with Crippen LogP contribution < -0.4 is 14.8 Å². The number of rotatable bonds is 9. The van der Waals surface area contributed by atoms with Crippen LogP contribution in [0.25, 0.3) is 0 Å². The van der Waals surface area contributed by atoms with Gasteiger partial charge in [-0.05, 0) is 59.9 Å². The van der Waals surface area contributed by atoms with Crippen molar-refractivity contribution >= 4 is 15.9 Å². The first-order chi connectivity index (χ1) is 9.24. The van der Waals surface area contributed by atoms with Gasteiger partial charge in [0.15, 0.2) is 0 Å². The molecule has 0 aromatic heterocycles. The number of unbranched alkanes of at least 4 members (excludes halogenated alkanes) is 2. The van der Waals surface area contributed by atoms with Crippen molar-refractivity contribution in [1.29, 1.82) is 0 Å². The number of methoxy groups -OCH3 is 2. The van der Waals surface area contributed by atoms with Crippen molar-refractivity contribution in [1.82, 2.24) is 5.32 Å². The summed E-state index contributed by atoms with van der Waals surface area (Å²) in [6.07, 6.45) is 4.69. The minimum Gasteiger partial charge on any atom is -0.495 e. The van der Waals surface area contributed by atoms with E-state index >= 15 is 0 Å². The molecule has 108 valence electrons. The largest absolute Gasteiger partial charge is 0.495 e. The number of hydrogen-bond donors (Lipinski definition) is 1. The van der Waals surface area contributed by atoms with Gasteiger partial charge in [0, 0.05) is 0 Å². The minimum atomic E-state index is 0.813. The molecule has 0 radical (unpaired) electrons. The van der Waals surface area contributed by atoms with Gasteiger partial charge in [-0.2, -0.15) is 0 Å². The zero-order valence-corrected chi connectivity index (χ0v) is 13.7. The average molecular weight is 330 g/mol. The molecule has 0 amide bonds. The van der Waals surface area contributed by atoms with Crippen LogP contribution in [0.15, 0.2) is 16.6 Å². The van der Waals surface area contributed by atoms with Crippen LogP contribution in [0.1, 0.15) is 31.7 Å². The van der Waals surface area contributed by atoms with Crippen molar-refractivity contribution in [2.45, 2.75) is 32.6 Å². The van der Waals surface area contributed by atoms with Gasteiger partial charge in [-0.25, -0.2) is 0 Å². The van der Waals surface area contributed by atoms with Gasteiger partial charge in [0.1, 0.15) is 16.0 Å². The van der Waals surface area contributed by atoms with Gasteiger partial charge in [0.05, 0.1) is 14.2 Å². The molecular formula is C15H24BrNO2. The second-order valence-corrected chi connectivity index (χ2v) is 5.23. The molecule has 0 atom stereocenters. The van der Waals surface area contributed by atoms with Gasteiger partial charge in [-0.1, -0.05) is 19.4 Å². The fourth-order valence-corrected chi connectivity index (χ4v) is 2.78. The maximum absolute atomic E-state index is 5.47. The van der Waals surface area contributed by atoms with E-state index in [-0.39, 0.29) is 0 Å². The van der Waals surface area contributed by atoms with Crippen molar-refractivity contribution in [3.8, 4) is 11.5 Å². The van der Waals surface area contributed by atoms with E-state index in [0.717, 1.165) is 35.5 Å². The maximum Gasteiger partial charge on any atom is 0.139 e. The van der Waals surface area contributed by atoms with Gasteiger partial charge in [0.2, 0.25) is 0 Å². The lowest BCUT2D eigenvalue weighted by atomic mass is 10.1. The van der Waals surface area contributed by atoms with E-state index in [9.17, 15) is 0 Å². The Morgan fingerprint density at radius 3 is 2.53 bits per heavy atom. The van der Waals surface area contributed by atoms with Crippen molar-refractivity contribution in [3.05, 3.63) is 22.2 Å². The first-order valence-electron chi connectivity index (χ1n) is 6.84. The number of ether oxygens (including phenoxy) is 2. The Morgan fingerprint density at radius 2 is 1.89 bits per heavy atom. The van der Waals surface area contributed by atoms with Crippen molar-refractivity contribution in [2.24, 2.45) is 0 Å². The lowest BCUT2D eigenvalue weighted by molar-refractivity contribution is 0.385. The zero-order chi connectivity index (χ0) is 14.1. The summed E-state index contributed by atoms with van der Waals surface area (Å²) in [5.41, 5.74) is 1.23. The SMILES string of the molecule is CCNCCCCCc1ccc(OC)c(Br)c1OC. The maximum atomic E-state index is 5.47. The molecule has 0 spiro atoms. The summed E-state index contributed by atoms with van der Waals surface area (Å²) in [5, 5.41) is 3.34. The molecule has 0 heterocycles. The van der Waals surface area contributed by atoms with Crippen LogP contribution in [0.5, 0.6) is 11.5 Å². The Balaban J connectivity index is 2.51. The predicted octanol–water partition coefficient (Wildman–Crippen LogP) is 3.79. The smallest absolute Gasteiger partial charge is 0.139 e. The molecule has 3 nitrogen and oxygen atoms in total. The summed E-state index contributed by atoms with van der Waals surface area (Å²) in [5.74, 6) is 1.71. The first-order valence-corrected chi connectivity index (χ1v) is 7.64. The Hall–Kier alpha value is -0.740. The van der Waals surface area contributed by atoms with Gasteiger partial charge in [-0.3, -0.25) is 0 Å². The van der Waals surface area contributed by atoms with E-state index in [1.165, 1.54) is 24.8 Å². The molecule has 0 aliphatic heterocycles. The van der Waals surface area contributed by atoms with Gasteiger partial charge >= 0.3 is 0 Å². The van der Waals surface area contributed by atoms with Crippen LogP contribution in [-0.4, -0.2) is 27.3 Å². The average Bonchev–Trinajstić information content (AvgIpc) is 2.43. The third kappa shape index (κ3) is 5.03. The molecule has 0 aliphatic rings. The molecular weight excluding hydrogens is 306 g/mol. The Kier molecular flexibility index (Phi) is 7.91. The fourth-order valence-electron chi connectivity index (χ4n) is 2.07. The minimum absolute atomic E-state index is 0.813. The fraction of sp³-hybridized carbons (Fsp3) is 0.600. The van der Waals surface area contributed by atoms with Crippen LogP contribution in [0.3, 0.4) is 0 Å². The second-order valence-electron chi connectivity index (χ2n) is 4.44. The Morgan fingerprint density at radius 1 is 1.11 bits per heavy atom. The molecule has 0 aliphatic carbocycles. The molecule has 0 bridgehead atoms. The van der Waals surface area contributed by atoms with Crippen LogP contribution in [0.4, 0.5) is 0 Å². The molecule has 1 N–H and O–H groups in total. The summed E-state index contributed by atoms with van der Waals surface area (Å²) in [7, 11) is 3.37. The quantitative estimate of drug-likeness (QED) is 0.699. The third-order valence-corrected chi connectivity index (χ3v) is 3.87. The number of hydrogen-bond acceptors (Lipinski definition) is 3. The Labute approximate surface area is 124 Å². The van der Waals surface area contributed by atoms with E-state index in [1.807, 2.05) is 6.07 Å². The molecule has 0 fully saturated rings. The summed E-state index contributed by atoms with van der Waals surface area (Å²) < 4.78 is 11.7. The highest BCUT2D eigenvalue weighted by atomic mass is 79.9. The summed E-state index contributed by atoms with van der Waals surface area (Å²) in [6, 6.07) is 4.08. The number of nitrogens with one attached hydrogen (secondary N) is 1. The number of halogens is 1. The molecule has 1 aromatic rings. The van der Waals surface area contributed by atoms with Gasteiger partial charge < -0.3 is 14.8 Å². The third-order valence-electron chi connectivity index (χ3n) is 3.12. The summed E-state index contributed by atoms with van der Waals surface area (Å²) in [4.78, 5) is 0. The van der Waals surface area contributed by atoms with E-state index in [2.05, 4.69) is 34.2 Å². The Bertz CT molecular complexity index is 383. The second kappa shape index (κ2) is 9.21. The zero-order valence-electron chi connectivity index (χ0n) is 12.1. The molecule has 1 aromatic carbocycles. The van der Waals surface area contributed by atoms with Gasteiger partial charge in [-0.15, -0.1) is 0 Å². The number of aryl methyl sites for hydroxylation is 1. The van der Waals surface area contributed by atoms with Crippen molar-refractivity contribution in [2.75, 3.05) is 27.3 Å². The van der Waals surface area contributed by atoms with Crippen LogP contribution >= 0.6 is 15.9 Å². The lowest BCUT2D eigenvalue weighted by Crippen LogP contribution is -2.13. The monoisotopic (exact) mass is 329 g/mol. The van der Waals surface area contributed by atoms with Gasteiger partial charge in [0.25, 0.3) is 0 Å². The molecule has 19 heavy (non-hydrogen) atoms. The van der Waals surface area contributed by atoms with Crippen molar-refractivity contribution in [3.63, 3.8) is 0 Å². The molecule has 0 saturated heterocycles. The topological polar surface area (TPSA) is 30.5 Å². The van der Waals surface area contributed by atoms with Crippen LogP contribution in [0, 0.1) is 0 Å². The van der Waals surface area contributed by atoms with Crippen molar-refractivity contribution < 1.29 is 9.47 Å². The van der Waals surface area contributed by atoms with E-state index in [4.69, 9.17) is 9.47 Å². The molecule has 1 rings (SSSR count). The highest BCUT2D eigenvalue weighted by molar-refractivity contribution is 9.10. The lowest BCUT2D eigenvalue weighted by Gasteiger charge is -2.13. The molecule has 0 unspecified atom stereocenters. The summed E-state index contributed by atoms with van der Waals surface area (Å²) in [6.45, 7) is 4.30. The first kappa shape index (κ1) is 16.3. The van der Waals surface area contributed by atoms with Crippen LogP contribution in [-0.2, 0) is 6.42 Å². The van der Waals surface area contributed by atoms with Crippen LogP contribution in [0.2, 0.25) is 0 Å². The summed E-state index contributed by atoms with van der Waals surface area (Å²) >= 11 is 3.54. The standard InChI is InChI=1S/C15H24BrNO2/c1-4-17-11-7-5-6-8-12-9-10-13(18-2)14(16)15(12)19-3/h9-10,17H,4-8,11H2,1-3H3. The molecule has 0 saturated carbocycles. The van der Waals surface area contributed by atoms with E-state index < -0.39 is 0 Å². The molecule has 4 heteroatoms. The highest BCUT2D eigenvalue weighted by Gasteiger charge is 2.12. The van der Waals surface area contributed by atoms with E-state index in [0.29, 0.717) is 0 Å². The predicted molar refractivity (Wildman–Crippen MR) is 83.3 cm³/mol. The normalized spacial score (nSPS) is 10.5. The van der Waals surface area contributed by atoms with E-state index in [1.54, 1.807) is 14.2 Å². The highest BCUT2D eigenvalue weighted by Crippen LogP contribution is 2.37.